The molecule has 0 saturated heterocycles. The fourth-order valence-electron chi connectivity index (χ4n) is 1.85. The molecule has 2 rings (SSSR count). The summed E-state index contributed by atoms with van der Waals surface area (Å²) in [6.45, 7) is 13.9. The molecule has 0 N–H and O–H groups in total. The van der Waals surface area contributed by atoms with Crippen LogP contribution < -0.4 is 0 Å². The molecule has 2 aromatic heterocycles. The fraction of sp³-hybridized carbons (Fsp3) is 0.625. The minimum absolute atomic E-state index is 0.323. The molecule has 2 heteroatoms. The Kier molecular flexibility index (Phi) is 3.63. The molecular formula is C16H24S2. The third-order valence-electron chi connectivity index (χ3n) is 4.31. The molecule has 0 nitrogen and oxygen atoms in total. The number of thiophene rings is 2. The van der Waals surface area contributed by atoms with Crippen molar-refractivity contribution in [2.24, 2.45) is 0 Å². The maximum absolute atomic E-state index is 2.42. The van der Waals surface area contributed by atoms with Gasteiger partial charge in [0.1, 0.15) is 0 Å². The van der Waals surface area contributed by atoms with Crippen molar-refractivity contribution in [1.29, 1.82) is 0 Å². The third-order valence-corrected chi connectivity index (χ3v) is 7.33. The Hall–Kier alpha value is -0.340. The van der Waals surface area contributed by atoms with Crippen LogP contribution in [0.4, 0.5) is 0 Å². The molecule has 0 aliphatic rings. The van der Waals surface area contributed by atoms with E-state index in [1.807, 2.05) is 22.7 Å². The summed E-state index contributed by atoms with van der Waals surface area (Å²) in [6.07, 6.45) is 2.40. The van der Waals surface area contributed by atoms with Gasteiger partial charge in [-0.3, -0.25) is 0 Å². The topological polar surface area (TPSA) is 0 Å². The van der Waals surface area contributed by atoms with Gasteiger partial charge in [0.2, 0.25) is 0 Å². The van der Waals surface area contributed by atoms with Crippen molar-refractivity contribution in [2.75, 3.05) is 0 Å². The normalized spacial score (nSPS) is 13.4. The zero-order valence-corrected chi connectivity index (χ0v) is 14.0. The third kappa shape index (κ3) is 2.37. The number of fused-ring (bicyclic) bond motifs is 1. The van der Waals surface area contributed by atoms with Gasteiger partial charge in [0.05, 0.1) is 0 Å². The van der Waals surface area contributed by atoms with Crippen molar-refractivity contribution in [1.82, 2.24) is 0 Å². The molecule has 0 amide bonds. The van der Waals surface area contributed by atoms with Crippen LogP contribution in [0.1, 0.15) is 64.1 Å². The van der Waals surface area contributed by atoms with Gasteiger partial charge < -0.3 is 0 Å². The predicted octanol–water partition coefficient (Wildman–Crippen LogP) is 6.34. The number of hydrogen-bond donors (Lipinski definition) is 0. The van der Waals surface area contributed by atoms with Gasteiger partial charge in [0, 0.05) is 19.2 Å². The summed E-state index contributed by atoms with van der Waals surface area (Å²) >= 11 is 3.97. The van der Waals surface area contributed by atoms with Gasteiger partial charge in [0.25, 0.3) is 0 Å². The molecule has 0 saturated carbocycles. The summed E-state index contributed by atoms with van der Waals surface area (Å²) in [5, 5.41) is 0. The Morgan fingerprint density at radius 1 is 0.778 bits per heavy atom. The Labute approximate surface area is 119 Å². The first kappa shape index (κ1) is 14.1. The van der Waals surface area contributed by atoms with Crippen molar-refractivity contribution in [3.05, 3.63) is 21.9 Å². The highest BCUT2D eigenvalue weighted by Gasteiger charge is 2.24. The highest BCUT2D eigenvalue weighted by molar-refractivity contribution is 7.28. The Balaban J connectivity index is 2.43. The number of rotatable bonds is 4. The van der Waals surface area contributed by atoms with Crippen molar-refractivity contribution in [3.8, 4) is 0 Å². The summed E-state index contributed by atoms with van der Waals surface area (Å²) in [7, 11) is 0. The maximum Gasteiger partial charge on any atom is 0.0456 e. The smallest absolute Gasteiger partial charge is 0.0456 e. The van der Waals surface area contributed by atoms with Crippen molar-refractivity contribution >= 4 is 32.1 Å². The molecule has 0 aliphatic carbocycles. The van der Waals surface area contributed by atoms with Crippen LogP contribution in [0, 0.1) is 0 Å². The van der Waals surface area contributed by atoms with E-state index in [1.165, 1.54) is 32.0 Å². The molecule has 2 aromatic rings. The Morgan fingerprint density at radius 3 is 1.39 bits per heavy atom. The van der Waals surface area contributed by atoms with Gasteiger partial charge >= 0.3 is 0 Å². The first-order valence-corrected chi connectivity index (χ1v) is 8.48. The highest BCUT2D eigenvalue weighted by Crippen LogP contribution is 2.43. The van der Waals surface area contributed by atoms with Crippen LogP contribution in [0.2, 0.25) is 0 Å². The fourth-order valence-corrected chi connectivity index (χ4v) is 4.59. The molecule has 0 radical (unpaired) electrons. The quantitative estimate of drug-likeness (QED) is 0.613. The van der Waals surface area contributed by atoms with Crippen molar-refractivity contribution < 1.29 is 0 Å². The molecule has 0 aliphatic heterocycles. The Morgan fingerprint density at radius 2 is 1.11 bits per heavy atom. The van der Waals surface area contributed by atoms with E-state index in [9.17, 15) is 0 Å². The number of hydrogen-bond acceptors (Lipinski definition) is 2. The van der Waals surface area contributed by atoms with Gasteiger partial charge in [-0.2, -0.15) is 0 Å². The van der Waals surface area contributed by atoms with Crippen molar-refractivity contribution in [2.45, 2.75) is 65.2 Å². The summed E-state index contributed by atoms with van der Waals surface area (Å²) in [5.41, 5.74) is 0.647. The van der Waals surface area contributed by atoms with Gasteiger partial charge in [-0.15, -0.1) is 22.7 Å². The van der Waals surface area contributed by atoms with Crippen LogP contribution in [-0.4, -0.2) is 0 Å². The van der Waals surface area contributed by atoms with E-state index in [1.54, 1.807) is 0 Å². The van der Waals surface area contributed by atoms with E-state index in [0.717, 1.165) is 0 Å². The van der Waals surface area contributed by atoms with E-state index in [0.29, 0.717) is 10.8 Å². The average Bonchev–Trinajstić information content (AvgIpc) is 2.87. The van der Waals surface area contributed by atoms with Crippen LogP contribution in [0.25, 0.3) is 9.40 Å². The second kappa shape index (κ2) is 4.64. The maximum atomic E-state index is 2.42. The first-order chi connectivity index (χ1) is 8.30. The lowest BCUT2D eigenvalue weighted by Gasteiger charge is -2.21. The van der Waals surface area contributed by atoms with Gasteiger partial charge in [-0.25, -0.2) is 0 Å². The lowest BCUT2D eigenvalue weighted by Crippen LogP contribution is -2.13. The molecule has 0 atom stereocenters. The Bertz CT molecular complexity index is 463. The minimum Gasteiger partial charge on any atom is -0.139 e. The summed E-state index contributed by atoms with van der Waals surface area (Å²) in [4.78, 5) is 3.07. The molecule has 0 spiro atoms. The van der Waals surface area contributed by atoms with Gasteiger partial charge in [-0.1, -0.05) is 41.5 Å². The molecule has 18 heavy (non-hydrogen) atoms. The summed E-state index contributed by atoms with van der Waals surface area (Å²) < 4.78 is 2.96. The molecular weight excluding hydrogens is 256 g/mol. The van der Waals surface area contributed by atoms with E-state index < -0.39 is 0 Å². The summed E-state index contributed by atoms with van der Waals surface area (Å²) in [6, 6.07) is 4.84. The molecule has 2 heterocycles. The highest BCUT2D eigenvalue weighted by atomic mass is 32.1. The SMILES string of the molecule is CCC(C)(C)c1cc2sc(C(C)(C)CC)cc2s1. The lowest BCUT2D eigenvalue weighted by atomic mass is 9.88. The minimum atomic E-state index is 0.323. The van der Waals surface area contributed by atoms with E-state index in [-0.39, 0.29) is 0 Å². The van der Waals surface area contributed by atoms with Crippen LogP contribution in [0.3, 0.4) is 0 Å². The van der Waals surface area contributed by atoms with Crippen LogP contribution in [-0.2, 0) is 10.8 Å². The second-order valence-corrected chi connectivity index (χ2v) is 8.59. The van der Waals surface area contributed by atoms with Gasteiger partial charge in [0.15, 0.2) is 0 Å². The first-order valence-electron chi connectivity index (χ1n) is 6.84. The van der Waals surface area contributed by atoms with Crippen LogP contribution in [0.15, 0.2) is 12.1 Å². The lowest BCUT2D eigenvalue weighted by molar-refractivity contribution is 0.517. The van der Waals surface area contributed by atoms with E-state index >= 15 is 0 Å². The molecule has 100 valence electrons. The molecule has 0 bridgehead atoms. The molecule has 0 aromatic carbocycles. The zero-order valence-electron chi connectivity index (χ0n) is 12.4. The second-order valence-electron chi connectivity index (χ2n) is 6.42. The standard InChI is InChI=1S/C16H24S2/c1-7-15(3,4)13-9-11-12(17-13)10-14(18-11)16(5,6)8-2/h9-10H,7-8H2,1-6H3. The van der Waals surface area contributed by atoms with Crippen LogP contribution in [0.5, 0.6) is 0 Å². The van der Waals surface area contributed by atoms with Gasteiger partial charge in [-0.05, 0) is 35.8 Å². The van der Waals surface area contributed by atoms with Crippen molar-refractivity contribution in [3.63, 3.8) is 0 Å². The van der Waals surface area contributed by atoms with E-state index in [4.69, 9.17) is 0 Å². The summed E-state index contributed by atoms with van der Waals surface area (Å²) in [5.74, 6) is 0. The molecule has 0 fully saturated rings. The monoisotopic (exact) mass is 280 g/mol. The van der Waals surface area contributed by atoms with E-state index in [2.05, 4.69) is 53.7 Å². The average molecular weight is 281 g/mol. The van der Waals surface area contributed by atoms with Crippen LogP contribution >= 0.6 is 22.7 Å². The zero-order chi connectivity index (χ0) is 13.6. The largest absolute Gasteiger partial charge is 0.139 e. The predicted molar refractivity (Wildman–Crippen MR) is 86.3 cm³/mol. The molecule has 0 unspecified atom stereocenters.